The maximum Gasteiger partial charge on any atom is 0.143 e. The molecule has 5 heteroatoms. The van der Waals surface area contributed by atoms with E-state index in [0.29, 0.717) is 10.9 Å². The molecule has 1 aromatic heterocycles. The predicted molar refractivity (Wildman–Crippen MR) is 87.9 cm³/mol. The molecule has 1 heterocycles. The lowest BCUT2D eigenvalue weighted by Gasteiger charge is -2.17. The highest BCUT2D eigenvalue weighted by molar-refractivity contribution is 9.10. The summed E-state index contributed by atoms with van der Waals surface area (Å²) in [5, 5.41) is 3.32. The number of hydrogen-bond donors (Lipinski definition) is 1. The summed E-state index contributed by atoms with van der Waals surface area (Å²) in [6.45, 7) is 4.85. The van der Waals surface area contributed by atoms with Crippen molar-refractivity contribution in [2.24, 2.45) is 0 Å². The standard InChI is InChI=1S/C16H18BrF2NS/c1-3-10-5-8-15(21-10)14(20-4-2)9-11-13(18)7-6-12(17)16(11)19/h5-8,14,20H,3-4,9H2,1-2H3. The largest absolute Gasteiger partial charge is 0.309 e. The summed E-state index contributed by atoms with van der Waals surface area (Å²) in [6, 6.07) is 6.76. The van der Waals surface area contributed by atoms with E-state index < -0.39 is 11.6 Å². The van der Waals surface area contributed by atoms with Crippen LogP contribution in [0.25, 0.3) is 0 Å². The van der Waals surface area contributed by atoms with Crippen LogP contribution < -0.4 is 5.32 Å². The minimum atomic E-state index is -0.509. The van der Waals surface area contributed by atoms with Crippen molar-refractivity contribution in [3.05, 3.63) is 55.7 Å². The van der Waals surface area contributed by atoms with Gasteiger partial charge in [0.15, 0.2) is 0 Å². The molecule has 0 spiro atoms. The van der Waals surface area contributed by atoms with Crippen molar-refractivity contribution in [2.45, 2.75) is 32.7 Å². The lowest BCUT2D eigenvalue weighted by Crippen LogP contribution is -2.23. The van der Waals surface area contributed by atoms with Crippen LogP contribution in [0.15, 0.2) is 28.7 Å². The maximum absolute atomic E-state index is 14.1. The first-order valence-electron chi connectivity index (χ1n) is 7.01. The third-order valence-corrected chi connectivity index (χ3v) is 5.33. The van der Waals surface area contributed by atoms with Crippen LogP contribution in [-0.4, -0.2) is 6.54 Å². The molecule has 0 aliphatic heterocycles. The molecule has 0 amide bonds. The third-order valence-electron chi connectivity index (χ3n) is 3.37. The Balaban J connectivity index is 2.30. The first-order valence-corrected chi connectivity index (χ1v) is 8.62. The van der Waals surface area contributed by atoms with E-state index in [2.05, 4.69) is 34.2 Å². The number of hydrogen-bond acceptors (Lipinski definition) is 2. The molecule has 21 heavy (non-hydrogen) atoms. The molecule has 2 aromatic rings. The van der Waals surface area contributed by atoms with E-state index in [4.69, 9.17) is 0 Å². The fourth-order valence-corrected chi connectivity index (χ4v) is 3.65. The maximum atomic E-state index is 14.1. The second kappa shape index (κ2) is 7.47. The number of benzene rings is 1. The Morgan fingerprint density at radius 3 is 2.57 bits per heavy atom. The van der Waals surface area contributed by atoms with Gasteiger partial charge >= 0.3 is 0 Å². The van der Waals surface area contributed by atoms with Crippen LogP contribution in [0, 0.1) is 11.6 Å². The van der Waals surface area contributed by atoms with Crippen molar-refractivity contribution in [3.63, 3.8) is 0 Å². The molecule has 114 valence electrons. The average molecular weight is 374 g/mol. The van der Waals surface area contributed by atoms with Crippen molar-refractivity contribution >= 4 is 27.3 Å². The average Bonchev–Trinajstić information content (AvgIpc) is 2.95. The van der Waals surface area contributed by atoms with Crippen LogP contribution in [0.2, 0.25) is 0 Å². The van der Waals surface area contributed by atoms with Gasteiger partial charge in [-0.3, -0.25) is 0 Å². The van der Waals surface area contributed by atoms with Crippen LogP contribution in [0.3, 0.4) is 0 Å². The number of rotatable bonds is 6. The van der Waals surface area contributed by atoms with Crippen LogP contribution in [-0.2, 0) is 12.8 Å². The van der Waals surface area contributed by atoms with Crippen molar-refractivity contribution < 1.29 is 8.78 Å². The Labute approximate surface area is 136 Å². The van der Waals surface area contributed by atoms with Crippen molar-refractivity contribution in [3.8, 4) is 0 Å². The summed E-state index contributed by atoms with van der Waals surface area (Å²) in [6.07, 6.45) is 1.28. The van der Waals surface area contributed by atoms with E-state index in [1.165, 1.54) is 17.0 Å². The molecule has 1 aromatic carbocycles. The van der Waals surface area contributed by atoms with Gasteiger partial charge in [-0.1, -0.05) is 13.8 Å². The monoisotopic (exact) mass is 373 g/mol. The third kappa shape index (κ3) is 3.90. The molecule has 0 aliphatic rings. The zero-order chi connectivity index (χ0) is 15.4. The smallest absolute Gasteiger partial charge is 0.143 e. The summed E-state index contributed by atoms with van der Waals surface area (Å²) < 4.78 is 28.4. The number of likely N-dealkylation sites (N-methyl/N-ethyl adjacent to an activating group) is 1. The zero-order valence-corrected chi connectivity index (χ0v) is 14.5. The quantitative estimate of drug-likeness (QED) is 0.682. The normalized spacial score (nSPS) is 12.6. The lowest BCUT2D eigenvalue weighted by atomic mass is 10.0. The van der Waals surface area contributed by atoms with Gasteiger partial charge < -0.3 is 5.32 Å². The Morgan fingerprint density at radius 1 is 1.19 bits per heavy atom. The first-order chi connectivity index (χ1) is 10.1. The Morgan fingerprint density at radius 2 is 1.95 bits per heavy atom. The van der Waals surface area contributed by atoms with Gasteiger partial charge in [0, 0.05) is 21.4 Å². The molecule has 1 atom stereocenters. The molecular formula is C16H18BrF2NS. The molecular weight excluding hydrogens is 356 g/mol. The topological polar surface area (TPSA) is 12.0 Å². The molecule has 0 fully saturated rings. The summed E-state index contributed by atoms with van der Waals surface area (Å²) in [5.74, 6) is -1.00. The summed E-state index contributed by atoms with van der Waals surface area (Å²) in [7, 11) is 0. The molecule has 2 rings (SSSR count). The van der Waals surface area contributed by atoms with E-state index in [0.717, 1.165) is 17.8 Å². The van der Waals surface area contributed by atoms with Gasteiger partial charge in [0.25, 0.3) is 0 Å². The first kappa shape index (κ1) is 16.6. The summed E-state index contributed by atoms with van der Waals surface area (Å²) in [5.41, 5.74) is 0.127. The molecule has 0 radical (unpaired) electrons. The fraction of sp³-hybridized carbons (Fsp3) is 0.375. The van der Waals surface area contributed by atoms with Crippen LogP contribution in [0.1, 0.15) is 35.2 Å². The van der Waals surface area contributed by atoms with Crippen LogP contribution in [0.4, 0.5) is 8.78 Å². The number of aryl methyl sites for hydroxylation is 1. The van der Waals surface area contributed by atoms with Gasteiger partial charge in [-0.2, -0.15) is 0 Å². The van der Waals surface area contributed by atoms with Crippen molar-refractivity contribution in [1.29, 1.82) is 0 Å². The molecule has 1 nitrogen and oxygen atoms in total. The van der Waals surface area contributed by atoms with Gasteiger partial charge in [-0.05, 0) is 59.6 Å². The fourth-order valence-electron chi connectivity index (χ4n) is 2.25. The van der Waals surface area contributed by atoms with Gasteiger partial charge in [-0.25, -0.2) is 8.78 Å². The molecule has 0 bridgehead atoms. The molecule has 0 saturated carbocycles. The van der Waals surface area contributed by atoms with E-state index >= 15 is 0 Å². The van der Waals surface area contributed by atoms with E-state index in [-0.39, 0.29) is 11.6 Å². The Kier molecular flexibility index (Phi) is 5.90. The van der Waals surface area contributed by atoms with Crippen LogP contribution in [0.5, 0.6) is 0 Å². The second-order valence-electron chi connectivity index (χ2n) is 4.79. The van der Waals surface area contributed by atoms with Crippen molar-refractivity contribution in [1.82, 2.24) is 5.32 Å². The number of nitrogens with one attached hydrogen (secondary N) is 1. The second-order valence-corrected chi connectivity index (χ2v) is 6.85. The van der Waals surface area contributed by atoms with Crippen molar-refractivity contribution in [2.75, 3.05) is 6.54 Å². The molecule has 0 aliphatic carbocycles. The van der Waals surface area contributed by atoms with Gasteiger partial charge in [0.05, 0.1) is 4.47 Å². The van der Waals surface area contributed by atoms with E-state index in [1.807, 2.05) is 13.0 Å². The molecule has 1 N–H and O–H groups in total. The highest BCUT2D eigenvalue weighted by atomic mass is 79.9. The number of halogens is 3. The number of thiophene rings is 1. The van der Waals surface area contributed by atoms with E-state index in [9.17, 15) is 8.78 Å². The van der Waals surface area contributed by atoms with E-state index in [1.54, 1.807) is 11.3 Å². The van der Waals surface area contributed by atoms with Crippen LogP contribution >= 0.6 is 27.3 Å². The van der Waals surface area contributed by atoms with Gasteiger partial charge in [0.1, 0.15) is 11.6 Å². The van der Waals surface area contributed by atoms with Gasteiger partial charge in [0.2, 0.25) is 0 Å². The zero-order valence-electron chi connectivity index (χ0n) is 12.1. The highest BCUT2D eigenvalue weighted by Gasteiger charge is 2.19. The SMILES string of the molecule is CCNC(Cc1c(F)ccc(Br)c1F)c1ccc(CC)s1. The lowest BCUT2D eigenvalue weighted by molar-refractivity contribution is 0.501. The Hall–Kier alpha value is -0.780. The van der Waals surface area contributed by atoms with Gasteiger partial charge in [-0.15, -0.1) is 11.3 Å². The predicted octanol–water partition coefficient (Wildman–Crippen LogP) is 5.24. The minimum absolute atomic E-state index is 0.0707. The Bertz CT molecular complexity index is 612. The molecule has 1 unspecified atom stereocenters. The minimum Gasteiger partial charge on any atom is -0.309 e. The summed E-state index contributed by atoms with van der Waals surface area (Å²) in [4.78, 5) is 2.40. The molecule has 0 saturated heterocycles. The summed E-state index contributed by atoms with van der Waals surface area (Å²) >= 11 is 4.82. The highest BCUT2D eigenvalue weighted by Crippen LogP contribution is 2.30.